The Hall–Kier alpha value is -1.06. The molecule has 4 heteroatoms. The predicted octanol–water partition coefficient (Wildman–Crippen LogP) is 2.95. The maximum absolute atomic E-state index is 12.1. The minimum atomic E-state index is 0.239. The summed E-state index contributed by atoms with van der Waals surface area (Å²) >= 11 is 6.25. The van der Waals surface area contributed by atoms with Crippen LogP contribution in [0, 0.1) is 5.92 Å². The number of hydrogen-bond donors (Lipinski definition) is 1. The molecule has 1 unspecified atom stereocenters. The molecule has 1 fully saturated rings. The van der Waals surface area contributed by atoms with Crippen molar-refractivity contribution in [3.8, 4) is 0 Å². The summed E-state index contributed by atoms with van der Waals surface area (Å²) in [4.78, 5) is 14.0. The molecule has 3 nitrogen and oxygen atoms in total. The Kier molecular flexibility index (Phi) is 4.83. The van der Waals surface area contributed by atoms with E-state index < -0.39 is 0 Å². The summed E-state index contributed by atoms with van der Waals surface area (Å²) < 4.78 is 0. The number of nitrogens with zero attached hydrogens (tertiary/aromatic N) is 1. The molecule has 0 radical (unpaired) electrons. The van der Waals surface area contributed by atoms with Gasteiger partial charge in [-0.1, -0.05) is 30.7 Å². The van der Waals surface area contributed by atoms with Crippen LogP contribution in [0.3, 0.4) is 0 Å². The third-order valence-electron chi connectivity index (χ3n) is 3.81. The molecule has 1 saturated heterocycles. The van der Waals surface area contributed by atoms with Crippen LogP contribution in [0.15, 0.2) is 18.2 Å². The minimum absolute atomic E-state index is 0.239. The van der Waals surface area contributed by atoms with E-state index in [0.29, 0.717) is 30.5 Å². The number of halogens is 1. The van der Waals surface area contributed by atoms with E-state index in [1.54, 1.807) is 0 Å². The molecule has 0 bridgehead atoms. The molecule has 1 aliphatic heterocycles. The zero-order valence-corrected chi connectivity index (χ0v) is 12.1. The van der Waals surface area contributed by atoms with Crippen molar-refractivity contribution in [3.63, 3.8) is 0 Å². The van der Waals surface area contributed by atoms with Crippen LogP contribution in [0.25, 0.3) is 0 Å². The number of amides is 1. The second-order valence-electron chi connectivity index (χ2n) is 5.38. The van der Waals surface area contributed by atoms with Gasteiger partial charge in [0.2, 0.25) is 5.91 Å². The summed E-state index contributed by atoms with van der Waals surface area (Å²) in [5.41, 5.74) is 7.61. The molecule has 1 aliphatic rings. The molecule has 0 aromatic heterocycles. The Balaban J connectivity index is 2.09. The van der Waals surface area contributed by atoms with E-state index in [1.165, 1.54) is 0 Å². The first-order valence-electron chi connectivity index (χ1n) is 6.85. The quantitative estimate of drug-likeness (QED) is 0.925. The number of likely N-dealkylation sites (tertiary alicyclic amines) is 1. The molecule has 1 aromatic carbocycles. The number of nitrogens with two attached hydrogens (primary N) is 1. The van der Waals surface area contributed by atoms with E-state index in [2.05, 4.69) is 6.92 Å². The topological polar surface area (TPSA) is 46.3 Å². The Bertz CT molecular complexity index is 461. The molecule has 1 heterocycles. The fourth-order valence-electron chi connectivity index (χ4n) is 2.39. The van der Waals surface area contributed by atoms with Crippen LogP contribution < -0.4 is 5.73 Å². The number of benzene rings is 1. The van der Waals surface area contributed by atoms with Gasteiger partial charge < -0.3 is 10.6 Å². The molecule has 1 atom stereocenters. The van der Waals surface area contributed by atoms with Crippen molar-refractivity contribution >= 4 is 17.5 Å². The van der Waals surface area contributed by atoms with Crippen LogP contribution >= 0.6 is 11.6 Å². The van der Waals surface area contributed by atoms with Gasteiger partial charge in [-0.05, 0) is 36.0 Å². The lowest BCUT2D eigenvalue weighted by Gasteiger charge is -2.21. The minimum Gasteiger partial charge on any atom is -0.338 e. The lowest BCUT2D eigenvalue weighted by molar-refractivity contribution is -0.131. The number of carbonyl (C=O) groups excluding carboxylic acids is 1. The summed E-state index contributed by atoms with van der Waals surface area (Å²) in [6, 6.07) is 5.85. The van der Waals surface area contributed by atoms with Gasteiger partial charge in [0, 0.05) is 31.1 Å². The van der Waals surface area contributed by atoms with Gasteiger partial charge in [-0.2, -0.15) is 0 Å². The van der Waals surface area contributed by atoms with E-state index >= 15 is 0 Å². The van der Waals surface area contributed by atoms with E-state index in [-0.39, 0.29) is 5.91 Å². The van der Waals surface area contributed by atoms with Gasteiger partial charge in [0.25, 0.3) is 0 Å². The lowest BCUT2D eigenvalue weighted by atomic mass is 10.0. The number of hydrogen-bond acceptors (Lipinski definition) is 2. The van der Waals surface area contributed by atoms with Crippen molar-refractivity contribution in [2.75, 3.05) is 6.54 Å². The van der Waals surface area contributed by atoms with Crippen molar-refractivity contribution in [3.05, 3.63) is 34.3 Å². The smallest absolute Gasteiger partial charge is 0.222 e. The summed E-state index contributed by atoms with van der Waals surface area (Å²) in [6.07, 6.45) is 2.72. The molecule has 104 valence electrons. The van der Waals surface area contributed by atoms with Gasteiger partial charge in [0.1, 0.15) is 0 Å². The van der Waals surface area contributed by atoms with Crippen LogP contribution in [0.5, 0.6) is 0 Å². The average Bonchev–Trinajstić information content (AvgIpc) is 2.56. The second kappa shape index (κ2) is 6.40. The monoisotopic (exact) mass is 280 g/mol. The normalized spacial score (nSPS) is 20.5. The van der Waals surface area contributed by atoms with Crippen LogP contribution in [-0.2, 0) is 17.9 Å². The van der Waals surface area contributed by atoms with E-state index in [9.17, 15) is 4.79 Å². The highest BCUT2D eigenvalue weighted by molar-refractivity contribution is 6.31. The largest absolute Gasteiger partial charge is 0.338 e. The summed E-state index contributed by atoms with van der Waals surface area (Å²) in [7, 11) is 0. The molecule has 2 N–H and O–H groups in total. The van der Waals surface area contributed by atoms with E-state index in [1.807, 2.05) is 23.1 Å². The average molecular weight is 281 g/mol. The van der Waals surface area contributed by atoms with Gasteiger partial charge in [-0.25, -0.2) is 0 Å². The fraction of sp³-hybridized carbons (Fsp3) is 0.533. The Labute approximate surface area is 119 Å². The zero-order chi connectivity index (χ0) is 13.8. The molecule has 19 heavy (non-hydrogen) atoms. The van der Waals surface area contributed by atoms with Crippen molar-refractivity contribution in [2.24, 2.45) is 11.7 Å². The van der Waals surface area contributed by atoms with Crippen LogP contribution in [0.2, 0.25) is 5.02 Å². The summed E-state index contributed by atoms with van der Waals surface area (Å²) in [6.45, 7) is 4.13. The molecule has 2 rings (SSSR count). The standard InChI is InChI=1S/C15H21ClN2O/c1-11-2-5-15(19)18(7-6-11)10-13-4-3-12(9-17)8-14(13)16/h3-4,8,11H,2,5-7,9-10,17H2,1H3. The third kappa shape index (κ3) is 3.71. The molecule has 0 aliphatic carbocycles. The predicted molar refractivity (Wildman–Crippen MR) is 77.8 cm³/mol. The highest BCUT2D eigenvalue weighted by Gasteiger charge is 2.20. The highest BCUT2D eigenvalue weighted by Crippen LogP contribution is 2.23. The maximum atomic E-state index is 12.1. The van der Waals surface area contributed by atoms with Crippen molar-refractivity contribution in [2.45, 2.75) is 39.3 Å². The van der Waals surface area contributed by atoms with E-state index in [4.69, 9.17) is 17.3 Å². The van der Waals surface area contributed by atoms with Gasteiger partial charge in [0.15, 0.2) is 0 Å². The lowest BCUT2D eigenvalue weighted by Crippen LogP contribution is -2.29. The molecule has 0 spiro atoms. The fourth-order valence-corrected chi connectivity index (χ4v) is 2.66. The Morgan fingerprint density at radius 2 is 2.21 bits per heavy atom. The summed E-state index contributed by atoms with van der Waals surface area (Å²) in [5.74, 6) is 0.868. The van der Waals surface area contributed by atoms with Gasteiger partial charge in [-0.3, -0.25) is 4.79 Å². The van der Waals surface area contributed by atoms with E-state index in [0.717, 1.165) is 30.5 Å². The Morgan fingerprint density at radius 3 is 2.89 bits per heavy atom. The van der Waals surface area contributed by atoms with Crippen LogP contribution in [-0.4, -0.2) is 17.4 Å². The maximum Gasteiger partial charge on any atom is 0.222 e. The first-order chi connectivity index (χ1) is 9.10. The van der Waals surface area contributed by atoms with Gasteiger partial charge in [-0.15, -0.1) is 0 Å². The SMILES string of the molecule is CC1CCC(=O)N(Cc2ccc(CN)cc2Cl)CC1. The molecule has 0 saturated carbocycles. The summed E-state index contributed by atoms with van der Waals surface area (Å²) in [5, 5.41) is 0.702. The molecule has 1 amide bonds. The first kappa shape index (κ1) is 14.4. The number of carbonyl (C=O) groups is 1. The second-order valence-corrected chi connectivity index (χ2v) is 5.78. The molecular weight excluding hydrogens is 260 g/mol. The third-order valence-corrected chi connectivity index (χ3v) is 4.16. The van der Waals surface area contributed by atoms with Gasteiger partial charge in [0.05, 0.1) is 0 Å². The van der Waals surface area contributed by atoms with Crippen molar-refractivity contribution in [1.29, 1.82) is 0 Å². The highest BCUT2D eigenvalue weighted by atomic mass is 35.5. The molecule has 1 aromatic rings. The number of rotatable bonds is 3. The van der Waals surface area contributed by atoms with Crippen LogP contribution in [0.4, 0.5) is 0 Å². The first-order valence-corrected chi connectivity index (χ1v) is 7.23. The van der Waals surface area contributed by atoms with Gasteiger partial charge >= 0.3 is 0 Å². The zero-order valence-electron chi connectivity index (χ0n) is 11.4. The van der Waals surface area contributed by atoms with Crippen molar-refractivity contribution in [1.82, 2.24) is 4.90 Å². The Morgan fingerprint density at radius 1 is 1.42 bits per heavy atom. The van der Waals surface area contributed by atoms with Crippen LogP contribution in [0.1, 0.15) is 37.3 Å². The van der Waals surface area contributed by atoms with Crippen molar-refractivity contribution < 1.29 is 4.79 Å². The molecular formula is C15H21ClN2O.